The quantitative estimate of drug-likeness (QED) is 0.533. The van der Waals surface area contributed by atoms with Crippen molar-refractivity contribution in [1.82, 2.24) is 20.1 Å². The summed E-state index contributed by atoms with van der Waals surface area (Å²) >= 11 is 0. The third-order valence-corrected chi connectivity index (χ3v) is 5.70. The van der Waals surface area contributed by atoms with Crippen LogP contribution in [0.2, 0.25) is 0 Å². The molecule has 1 aliphatic rings. The van der Waals surface area contributed by atoms with Crippen LogP contribution in [0.25, 0.3) is 11.3 Å². The third-order valence-electron chi connectivity index (χ3n) is 5.70. The maximum Gasteiger partial charge on any atom is 0.417 e. The number of nitrogens with zero attached hydrogens (tertiary/aromatic N) is 4. The number of nitrogens with one attached hydrogen (secondary N) is 1. The summed E-state index contributed by atoms with van der Waals surface area (Å²) in [5.41, 5.74) is 1.13. The van der Waals surface area contributed by atoms with Gasteiger partial charge in [-0.25, -0.2) is 9.78 Å². The zero-order chi connectivity index (χ0) is 23.8. The Labute approximate surface area is 187 Å². The van der Waals surface area contributed by atoms with Gasteiger partial charge < -0.3 is 15.1 Å². The van der Waals surface area contributed by atoms with Gasteiger partial charge in [0.25, 0.3) is 0 Å². The number of hydrogen-bond acceptors (Lipinski definition) is 6. The molecule has 3 N–H and O–H groups in total. The highest BCUT2D eigenvalue weighted by Crippen LogP contribution is 2.31. The molecule has 0 saturated carbocycles. The molecular formula is C22H22F3N5O3. The third kappa shape index (κ3) is 4.77. The Bertz CT molecular complexity index is 1150. The molecule has 1 fully saturated rings. The van der Waals surface area contributed by atoms with Crippen LogP contribution in [-0.2, 0) is 12.7 Å². The molecule has 3 heterocycles. The van der Waals surface area contributed by atoms with Crippen molar-refractivity contribution < 1.29 is 28.2 Å². The van der Waals surface area contributed by atoms with E-state index in [-0.39, 0.29) is 17.4 Å². The molecule has 174 valence electrons. The van der Waals surface area contributed by atoms with Crippen LogP contribution in [0.15, 0.2) is 42.7 Å². The average molecular weight is 461 g/mol. The molecule has 0 aliphatic carbocycles. The first kappa shape index (κ1) is 22.6. The van der Waals surface area contributed by atoms with E-state index in [9.17, 15) is 23.1 Å². The molecule has 11 heteroatoms. The number of pyridine rings is 1. The van der Waals surface area contributed by atoms with Crippen molar-refractivity contribution in [2.24, 2.45) is 0 Å². The van der Waals surface area contributed by atoms with Gasteiger partial charge in [-0.3, -0.25) is 10.00 Å². The van der Waals surface area contributed by atoms with Gasteiger partial charge in [0.1, 0.15) is 17.1 Å². The first-order valence-corrected chi connectivity index (χ1v) is 10.2. The first-order valence-electron chi connectivity index (χ1n) is 10.2. The second-order valence-electron chi connectivity index (χ2n) is 7.98. The molecule has 2 aromatic heterocycles. The number of alkyl halides is 3. The molecule has 33 heavy (non-hydrogen) atoms. The maximum atomic E-state index is 12.8. The van der Waals surface area contributed by atoms with E-state index in [0.29, 0.717) is 43.3 Å². The number of aromatic hydroxyl groups is 1. The second-order valence-corrected chi connectivity index (χ2v) is 7.98. The normalized spacial score (nSPS) is 17.3. The fourth-order valence-electron chi connectivity index (χ4n) is 4.03. The number of aromatic amines is 1. The number of H-pyrrole nitrogens is 1. The topological polar surface area (TPSA) is 106 Å². The number of carboxylic acid groups (broad SMARTS) is 1. The molecule has 0 spiro atoms. The van der Waals surface area contributed by atoms with E-state index in [1.807, 2.05) is 11.8 Å². The van der Waals surface area contributed by atoms with Crippen molar-refractivity contribution in [3.05, 3.63) is 59.4 Å². The van der Waals surface area contributed by atoms with Crippen LogP contribution in [0.1, 0.15) is 28.4 Å². The number of aromatic nitrogens is 3. The van der Waals surface area contributed by atoms with E-state index in [2.05, 4.69) is 20.1 Å². The summed E-state index contributed by atoms with van der Waals surface area (Å²) in [6.45, 7) is 4.48. The SMILES string of the molecule is CC1CN(Cc2c[nH]nc2-c2ccc(C(=O)O)c(O)c2)CCN1c1ccc(C(F)(F)F)cn1. The standard InChI is InChI=1S/C22H22F3N5O3/c1-13-11-29(6-7-30(13)19-5-3-16(10-26-19)22(23,24)25)12-15-9-27-28-20(15)14-2-4-17(21(32)33)18(31)8-14/h2-5,8-10,13,31H,6-7,11-12H2,1H3,(H,27,28)(H,32,33). The lowest BCUT2D eigenvalue weighted by Gasteiger charge is -2.40. The Balaban J connectivity index is 1.44. The second kappa shape index (κ2) is 8.74. The highest BCUT2D eigenvalue weighted by molar-refractivity contribution is 5.91. The van der Waals surface area contributed by atoms with Gasteiger partial charge in [0.2, 0.25) is 0 Å². The average Bonchev–Trinajstić information content (AvgIpc) is 3.21. The van der Waals surface area contributed by atoms with Gasteiger partial charge in [0, 0.05) is 55.7 Å². The predicted octanol–water partition coefficient (Wildman–Crippen LogP) is 3.61. The largest absolute Gasteiger partial charge is 0.507 e. The first-order chi connectivity index (χ1) is 15.6. The lowest BCUT2D eigenvalue weighted by Crippen LogP contribution is -2.51. The van der Waals surface area contributed by atoms with E-state index in [1.165, 1.54) is 18.2 Å². The van der Waals surface area contributed by atoms with Gasteiger partial charge >= 0.3 is 12.1 Å². The minimum absolute atomic E-state index is 0.0252. The van der Waals surface area contributed by atoms with Gasteiger partial charge in [-0.15, -0.1) is 0 Å². The molecule has 3 aromatic rings. The Morgan fingerprint density at radius 3 is 2.64 bits per heavy atom. The maximum absolute atomic E-state index is 12.8. The molecule has 4 rings (SSSR count). The van der Waals surface area contributed by atoms with E-state index in [4.69, 9.17) is 5.11 Å². The number of piperazine rings is 1. The number of hydrogen-bond donors (Lipinski definition) is 3. The van der Waals surface area contributed by atoms with Crippen LogP contribution in [0.3, 0.4) is 0 Å². The number of rotatable bonds is 5. The minimum atomic E-state index is -4.41. The minimum Gasteiger partial charge on any atom is -0.507 e. The zero-order valence-corrected chi connectivity index (χ0v) is 17.7. The van der Waals surface area contributed by atoms with Crippen molar-refractivity contribution in [2.45, 2.75) is 25.7 Å². The monoisotopic (exact) mass is 461 g/mol. The summed E-state index contributed by atoms with van der Waals surface area (Å²) in [6, 6.07) is 6.78. The fraction of sp³-hybridized carbons (Fsp3) is 0.318. The number of phenols is 1. The molecule has 8 nitrogen and oxygen atoms in total. The van der Waals surface area contributed by atoms with Gasteiger partial charge in [0.15, 0.2) is 0 Å². The van der Waals surface area contributed by atoms with E-state index >= 15 is 0 Å². The Hall–Kier alpha value is -3.60. The van der Waals surface area contributed by atoms with Gasteiger partial charge in [0.05, 0.1) is 11.3 Å². The molecular weight excluding hydrogens is 439 g/mol. The molecule has 0 amide bonds. The Morgan fingerprint density at radius 1 is 1.24 bits per heavy atom. The summed E-state index contributed by atoms with van der Waals surface area (Å²) in [4.78, 5) is 19.3. The summed E-state index contributed by atoms with van der Waals surface area (Å²) < 4.78 is 38.4. The summed E-state index contributed by atoms with van der Waals surface area (Å²) in [5.74, 6) is -1.04. The molecule has 0 radical (unpaired) electrons. The van der Waals surface area contributed by atoms with Crippen molar-refractivity contribution in [3.63, 3.8) is 0 Å². The molecule has 1 aromatic carbocycles. The summed E-state index contributed by atoms with van der Waals surface area (Å²) in [5, 5.41) is 26.2. The van der Waals surface area contributed by atoms with Crippen LogP contribution in [-0.4, -0.2) is 61.9 Å². The lowest BCUT2D eigenvalue weighted by molar-refractivity contribution is -0.137. The zero-order valence-electron chi connectivity index (χ0n) is 17.7. The summed E-state index contributed by atoms with van der Waals surface area (Å²) in [7, 11) is 0. The van der Waals surface area contributed by atoms with Crippen molar-refractivity contribution >= 4 is 11.8 Å². The van der Waals surface area contributed by atoms with Crippen LogP contribution < -0.4 is 4.90 Å². The summed E-state index contributed by atoms with van der Waals surface area (Å²) in [6.07, 6.45) is -1.80. The highest BCUT2D eigenvalue weighted by atomic mass is 19.4. The number of halogens is 3. The van der Waals surface area contributed by atoms with Crippen LogP contribution in [0.4, 0.5) is 19.0 Å². The van der Waals surface area contributed by atoms with Crippen molar-refractivity contribution in [1.29, 1.82) is 0 Å². The van der Waals surface area contributed by atoms with Gasteiger partial charge in [-0.2, -0.15) is 18.3 Å². The molecule has 1 unspecified atom stereocenters. The fourth-order valence-corrected chi connectivity index (χ4v) is 4.03. The number of aromatic carboxylic acids is 1. The molecule has 1 saturated heterocycles. The molecule has 1 atom stereocenters. The van der Waals surface area contributed by atoms with Crippen molar-refractivity contribution in [2.75, 3.05) is 24.5 Å². The Morgan fingerprint density at radius 2 is 2.03 bits per heavy atom. The predicted molar refractivity (Wildman–Crippen MR) is 114 cm³/mol. The number of carboxylic acids is 1. The van der Waals surface area contributed by atoms with Crippen LogP contribution in [0, 0.1) is 0 Å². The van der Waals surface area contributed by atoms with E-state index < -0.39 is 17.7 Å². The Kier molecular flexibility index (Phi) is 5.98. The lowest BCUT2D eigenvalue weighted by atomic mass is 10.0. The number of carbonyl (C=O) groups is 1. The van der Waals surface area contributed by atoms with E-state index in [0.717, 1.165) is 17.8 Å². The van der Waals surface area contributed by atoms with Crippen LogP contribution >= 0.6 is 0 Å². The van der Waals surface area contributed by atoms with Gasteiger partial charge in [-0.1, -0.05) is 6.07 Å². The highest BCUT2D eigenvalue weighted by Gasteiger charge is 2.32. The van der Waals surface area contributed by atoms with Gasteiger partial charge in [-0.05, 0) is 31.2 Å². The van der Waals surface area contributed by atoms with Crippen molar-refractivity contribution in [3.8, 4) is 17.0 Å². The number of anilines is 1. The molecule has 0 bridgehead atoms. The smallest absolute Gasteiger partial charge is 0.417 e. The molecule has 1 aliphatic heterocycles. The van der Waals surface area contributed by atoms with E-state index in [1.54, 1.807) is 12.3 Å². The van der Waals surface area contributed by atoms with Crippen LogP contribution in [0.5, 0.6) is 5.75 Å². The number of benzene rings is 1.